The molecule has 0 unspecified atom stereocenters. The fraction of sp³-hybridized carbons (Fsp3) is 0.151. The summed E-state index contributed by atoms with van der Waals surface area (Å²) in [7, 11) is 0. The standard InChI is InChI=1S/C106H86/c1-103(2,3)75-55-73(56-76(59-75)104(4,5)6)91-79-43-29-30-44-80(79)92(74-57-77(105(7,8)9)60-78(58-74)106(10,11)12)98-82-50-52-84-96-83(51-49-81(95(82)96)97(91)98)99-93(67-37-21-15-22-38-67)101-89(71-47-45-63-31-25-27-41-69(63)53-71)87-61-85(65-33-17-13-18-34-65)86(66-35-19-14-20-36-66)62-88(87)90(72-48-46-64-32-26-28-42-70(64)54-72)102(101)94(100(84)99)68-39-23-16-24-40-68/h13-62H,1-12H3. The lowest BCUT2D eigenvalue weighted by Gasteiger charge is -2.29. The van der Waals surface area contributed by atoms with Crippen LogP contribution >= 0.6 is 0 Å². The van der Waals surface area contributed by atoms with Crippen LogP contribution in [0.5, 0.6) is 0 Å². The molecular formula is C106H86. The van der Waals surface area contributed by atoms with Gasteiger partial charge < -0.3 is 0 Å². The Morgan fingerprint density at radius 1 is 0.151 bits per heavy atom. The van der Waals surface area contributed by atoms with E-state index in [-0.39, 0.29) is 21.7 Å². The van der Waals surface area contributed by atoms with E-state index in [0.29, 0.717) is 0 Å². The highest BCUT2D eigenvalue weighted by atomic mass is 14.4. The predicted molar refractivity (Wildman–Crippen MR) is 459 cm³/mol. The molecule has 0 bridgehead atoms. The highest BCUT2D eigenvalue weighted by Crippen LogP contribution is 2.67. The van der Waals surface area contributed by atoms with Gasteiger partial charge in [-0.05, 0) is 266 Å². The smallest absolute Gasteiger partial charge is 0.000115 e. The largest absolute Gasteiger partial charge is 0.0622 e. The molecule has 0 heteroatoms. The van der Waals surface area contributed by atoms with Crippen molar-refractivity contribution in [3.8, 4) is 134 Å². The second-order valence-corrected chi connectivity index (χ2v) is 34.2. The van der Waals surface area contributed by atoms with Gasteiger partial charge in [0.05, 0.1) is 0 Å². The first-order valence-electron chi connectivity index (χ1n) is 38.0. The summed E-state index contributed by atoms with van der Waals surface area (Å²) in [5.74, 6) is 0. The summed E-state index contributed by atoms with van der Waals surface area (Å²) in [6.07, 6.45) is 0. The van der Waals surface area contributed by atoms with E-state index in [2.05, 4.69) is 386 Å². The van der Waals surface area contributed by atoms with E-state index in [1.54, 1.807) is 0 Å². The van der Waals surface area contributed by atoms with Crippen LogP contribution in [-0.2, 0) is 21.7 Å². The third kappa shape index (κ3) is 10.3. The van der Waals surface area contributed by atoms with Gasteiger partial charge in [-0.1, -0.05) is 362 Å². The Morgan fingerprint density at radius 2 is 0.434 bits per heavy atom. The quantitative estimate of drug-likeness (QED) is 0.133. The van der Waals surface area contributed by atoms with Crippen LogP contribution in [0.25, 0.3) is 198 Å². The molecule has 0 radical (unpaired) electrons. The third-order valence-electron chi connectivity index (χ3n) is 23.4. The van der Waals surface area contributed by atoms with Gasteiger partial charge in [0.25, 0.3) is 0 Å². The molecule has 0 saturated carbocycles. The maximum absolute atomic E-state index is 2.57. The van der Waals surface area contributed by atoms with Gasteiger partial charge in [0.2, 0.25) is 0 Å². The number of fused-ring (bicyclic) bond motifs is 11. The zero-order chi connectivity index (χ0) is 72.4. The zero-order valence-electron chi connectivity index (χ0n) is 62.9. The molecule has 0 aromatic heterocycles. The van der Waals surface area contributed by atoms with Gasteiger partial charge in [-0.3, -0.25) is 0 Å². The molecule has 0 atom stereocenters. The van der Waals surface area contributed by atoms with Crippen molar-refractivity contribution in [3.63, 3.8) is 0 Å². The van der Waals surface area contributed by atoms with Crippen molar-refractivity contribution < 1.29 is 0 Å². The first-order valence-corrected chi connectivity index (χ1v) is 38.0. The summed E-state index contributed by atoms with van der Waals surface area (Å²) in [6.45, 7) is 28.6. The molecule has 0 N–H and O–H groups in total. The first kappa shape index (κ1) is 65.1. The fourth-order valence-corrected chi connectivity index (χ4v) is 18.0. The lowest BCUT2D eigenvalue weighted by Crippen LogP contribution is -2.17. The molecule has 2 aliphatic carbocycles. The topological polar surface area (TPSA) is 0 Å². The van der Waals surface area contributed by atoms with Crippen LogP contribution in [0.4, 0.5) is 0 Å². The van der Waals surface area contributed by atoms with Gasteiger partial charge in [0.15, 0.2) is 0 Å². The van der Waals surface area contributed by atoms with E-state index in [9.17, 15) is 0 Å². The van der Waals surface area contributed by atoms with E-state index in [1.807, 2.05) is 0 Å². The van der Waals surface area contributed by atoms with Crippen molar-refractivity contribution in [2.75, 3.05) is 0 Å². The zero-order valence-corrected chi connectivity index (χ0v) is 62.9. The number of hydrogen-bond acceptors (Lipinski definition) is 0. The highest BCUT2D eigenvalue weighted by molar-refractivity contribution is 6.39. The molecule has 0 aliphatic heterocycles. The number of rotatable bonds is 8. The Hall–Kier alpha value is -11.7. The Labute approximate surface area is 624 Å². The molecular weight excluding hydrogens is 1270 g/mol. The molecule has 0 fully saturated rings. The molecule has 106 heavy (non-hydrogen) atoms. The van der Waals surface area contributed by atoms with E-state index in [4.69, 9.17) is 0 Å². The summed E-state index contributed by atoms with van der Waals surface area (Å²) in [5.41, 5.74) is 34.7. The SMILES string of the molecule is CC(C)(C)c1cc(-c2c3c(c(-c4cc(C(C)(C)C)cc(C(C)(C)C)c4)c4ccccc24)-c2ccc4c5c(ccc-3c25)-c2c-4c(-c3ccccc3)c3c(-c4ccc5ccccc5c4)c4cc(-c5ccccc5)c(-c5ccccc5)cc4c(-c4ccc5ccccc5c4)c3c2-c2ccccc2)cc(C(C)(C)C)c1. The molecule has 17 aromatic rings. The van der Waals surface area contributed by atoms with Gasteiger partial charge in [-0.15, -0.1) is 0 Å². The monoisotopic (exact) mass is 1360 g/mol. The first-order chi connectivity index (χ1) is 51.1. The van der Waals surface area contributed by atoms with Crippen LogP contribution in [-0.4, -0.2) is 0 Å². The molecule has 0 nitrogen and oxygen atoms in total. The molecule has 0 saturated heterocycles. The average Bonchev–Trinajstić information content (AvgIpc) is 1.46. The molecule has 2 aliphatic rings. The second-order valence-electron chi connectivity index (χ2n) is 34.2. The average molecular weight is 1360 g/mol. The van der Waals surface area contributed by atoms with E-state index >= 15 is 0 Å². The maximum Gasteiger partial charge on any atom is -0.000115 e. The number of benzene rings is 17. The minimum atomic E-state index is -0.109. The van der Waals surface area contributed by atoms with Gasteiger partial charge >= 0.3 is 0 Å². The van der Waals surface area contributed by atoms with Gasteiger partial charge in [0.1, 0.15) is 0 Å². The van der Waals surface area contributed by atoms with Gasteiger partial charge in [-0.2, -0.15) is 0 Å². The van der Waals surface area contributed by atoms with Crippen molar-refractivity contribution in [2.24, 2.45) is 0 Å². The fourth-order valence-electron chi connectivity index (χ4n) is 18.0. The Morgan fingerprint density at radius 3 is 0.755 bits per heavy atom. The van der Waals surface area contributed by atoms with Gasteiger partial charge in [-0.25, -0.2) is 0 Å². The van der Waals surface area contributed by atoms with Crippen LogP contribution in [0.15, 0.2) is 303 Å². The summed E-state index contributed by atoms with van der Waals surface area (Å²) in [4.78, 5) is 0. The van der Waals surface area contributed by atoms with Crippen LogP contribution in [0.2, 0.25) is 0 Å². The van der Waals surface area contributed by atoms with E-state index < -0.39 is 0 Å². The maximum atomic E-state index is 2.57. The van der Waals surface area contributed by atoms with E-state index in [1.165, 1.54) is 220 Å². The van der Waals surface area contributed by atoms with Crippen molar-refractivity contribution in [2.45, 2.75) is 105 Å². The Kier molecular flexibility index (Phi) is 14.7. The summed E-state index contributed by atoms with van der Waals surface area (Å²) in [6, 6.07) is 117. The Bertz CT molecular complexity index is 6070. The summed E-state index contributed by atoms with van der Waals surface area (Å²) >= 11 is 0. The Balaban J connectivity index is 1.04. The lowest BCUT2D eigenvalue weighted by atomic mass is 9.74. The third-order valence-corrected chi connectivity index (χ3v) is 23.4. The van der Waals surface area contributed by atoms with Crippen molar-refractivity contribution in [1.82, 2.24) is 0 Å². The molecule has 19 rings (SSSR count). The summed E-state index contributed by atoms with van der Waals surface area (Å²) in [5, 5.41) is 14.9. The normalized spacial score (nSPS) is 12.7. The number of hydrogen-bond donors (Lipinski definition) is 0. The molecule has 0 heterocycles. The molecule has 510 valence electrons. The minimum absolute atomic E-state index is 0.109. The van der Waals surface area contributed by atoms with Crippen LogP contribution in [0.3, 0.4) is 0 Å². The van der Waals surface area contributed by atoms with Crippen molar-refractivity contribution in [3.05, 3.63) is 326 Å². The van der Waals surface area contributed by atoms with E-state index in [0.717, 1.165) is 0 Å². The van der Waals surface area contributed by atoms with Crippen LogP contribution in [0, 0.1) is 0 Å². The van der Waals surface area contributed by atoms with Crippen LogP contribution < -0.4 is 0 Å². The van der Waals surface area contributed by atoms with Crippen molar-refractivity contribution in [1.29, 1.82) is 0 Å². The van der Waals surface area contributed by atoms with Crippen molar-refractivity contribution >= 4 is 64.6 Å². The summed E-state index contributed by atoms with van der Waals surface area (Å²) < 4.78 is 0. The minimum Gasteiger partial charge on any atom is -0.0622 e. The lowest BCUT2D eigenvalue weighted by molar-refractivity contribution is 0.568. The highest BCUT2D eigenvalue weighted by Gasteiger charge is 2.40. The predicted octanol–water partition coefficient (Wildman–Crippen LogP) is 30.4. The molecule has 0 spiro atoms. The molecule has 0 amide bonds. The second kappa shape index (κ2) is 23.9. The molecule has 17 aromatic carbocycles. The van der Waals surface area contributed by atoms with Gasteiger partial charge in [0, 0.05) is 0 Å². The van der Waals surface area contributed by atoms with Crippen LogP contribution in [0.1, 0.15) is 105 Å².